The first-order valence-corrected chi connectivity index (χ1v) is 8.64. The van der Waals surface area contributed by atoms with E-state index in [0.717, 1.165) is 0 Å². The number of amidine groups is 1. The van der Waals surface area contributed by atoms with Crippen LogP contribution in [0.1, 0.15) is 11.3 Å². The van der Waals surface area contributed by atoms with Crippen molar-refractivity contribution in [2.24, 2.45) is 4.99 Å². The quantitative estimate of drug-likeness (QED) is 0.373. The Morgan fingerprint density at radius 3 is 2.59 bits per heavy atom. The van der Waals surface area contributed by atoms with E-state index in [-0.39, 0.29) is 17.1 Å². The SMILES string of the molecule is COc1cc([N+](=O)[O-])ccc1N1C(=O)/C(=C/c2ccco2)N=C1c1ccccc1. The number of ether oxygens (including phenoxy) is 1. The number of benzene rings is 2. The van der Waals surface area contributed by atoms with E-state index < -0.39 is 10.8 Å². The molecule has 1 aliphatic heterocycles. The minimum atomic E-state index is -0.521. The van der Waals surface area contributed by atoms with Gasteiger partial charge in [0.25, 0.3) is 11.6 Å². The van der Waals surface area contributed by atoms with Crippen LogP contribution in [0.25, 0.3) is 6.08 Å². The third-order valence-corrected chi connectivity index (χ3v) is 4.33. The molecule has 8 nitrogen and oxygen atoms in total. The molecule has 4 rings (SSSR count). The summed E-state index contributed by atoms with van der Waals surface area (Å²) >= 11 is 0. The largest absolute Gasteiger partial charge is 0.494 e. The molecule has 29 heavy (non-hydrogen) atoms. The number of methoxy groups -OCH3 is 1. The fourth-order valence-electron chi connectivity index (χ4n) is 2.99. The molecule has 8 heteroatoms. The molecule has 0 unspecified atom stereocenters. The van der Waals surface area contributed by atoms with E-state index in [1.165, 1.54) is 36.5 Å². The summed E-state index contributed by atoms with van der Waals surface area (Å²) in [6, 6.07) is 16.7. The van der Waals surface area contributed by atoms with Crippen molar-refractivity contribution in [2.45, 2.75) is 0 Å². The lowest BCUT2D eigenvalue weighted by molar-refractivity contribution is -0.384. The maximum Gasteiger partial charge on any atom is 0.282 e. The maximum absolute atomic E-state index is 13.2. The number of carbonyl (C=O) groups excluding carboxylic acids is 1. The normalized spacial score (nSPS) is 14.9. The number of nitro groups is 1. The molecule has 0 saturated heterocycles. The summed E-state index contributed by atoms with van der Waals surface area (Å²) in [5.41, 5.74) is 1.11. The number of hydrogen-bond acceptors (Lipinski definition) is 6. The highest BCUT2D eigenvalue weighted by atomic mass is 16.6. The molecule has 2 heterocycles. The van der Waals surface area contributed by atoms with Crippen molar-refractivity contribution in [2.75, 3.05) is 12.0 Å². The van der Waals surface area contributed by atoms with Gasteiger partial charge in [0.15, 0.2) is 0 Å². The van der Waals surface area contributed by atoms with Gasteiger partial charge in [-0.3, -0.25) is 19.8 Å². The Bertz CT molecular complexity index is 1130. The molecule has 0 atom stereocenters. The summed E-state index contributed by atoms with van der Waals surface area (Å²) in [4.78, 5) is 29.7. The highest BCUT2D eigenvalue weighted by Crippen LogP contribution is 2.36. The summed E-state index contributed by atoms with van der Waals surface area (Å²) in [5, 5.41) is 11.1. The van der Waals surface area contributed by atoms with E-state index in [1.807, 2.05) is 30.3 Å². The van der Waals surface area contributed by atoms with Crippen LogP contribution < -0.4 is 9.64 Å². The Balaban J connectivity index is 1.86. The van der Waals surface area contributed by atoms with Crippen molar-refractivity contribution < 1.29 is 18.9 Å². The zero-order valence-electron chi connectivity index (χ0n) is 15.3. The Labute approximate surface area is 165 Å². The summed E-state index contributed by atoms with van der Waals surface area (Å²) in [7, 11) is 1.39. The van der Waals surface area contributed by atoms with Crippen LogP contribution in [-0.4, -0.2) is 23.8 Å². The van der Waals surface area contributed by atoms with Gasteiger partial charge in [0.05, 0.1) is 30.1 Å². The van der Waals surface area contributed by atoms with Crippen molar-refractivity contribution in [1.82, 2.24) is 0 Å². The van der Waals surface area contributed by atoms with E-state index in [1.54, 1.807) is 18.2 Å². The van der Waals surface area contributed by atoms with Gasteiger partial charge in [-0.15, -0.1) is 0 Å². The molecule has 0 aliphatic carbocycles. The highest BCUT2D eigenvalue weighted by Gasteiger charge is 2.35. The second-order valence-corrected chi connectivity index (χ2v) is 6.10. The molecular formula is C21H15N3O5. The summed E-state index contributed by atoms with van der Waals surface area (Å²) < 4.78 is 10.6. The average Bonchev–Trinajstić information content (AvgIpc) is 3.36. The van der Waals surface area contributed by atoms with Crippen LogP contribution in [-0.2, 0) is 4.79 Å². The second-order valence-electron chi connectivity index (χ2n) is 6.10. The van der Waals surface area contributed by atoms with Gasteiger partial charge in [0, 0.05) is 17.7 Å². The fourth-order valence-corrected chi connectivity index (χ4v) is 2.99. The van der Waals surface area contributed by atoms with E-state index in [2.05, 4.69) is 4.99 Å². The van der Waals surface area contributed by atoms with Crippen molar-refractivity contribution in [3.8, 4) is 5.75 Å². The standard InChI is InChI=1S/C21H15N3O5/c1-28-19-12-15(24(26)27)9-10-18(19)23-20(14-6-3-2-4-7-14)22-17(21(23)25)13-16-8-5-11-29-16/h2-13H,1H3/b17-13-. The lowest BCUT2D eigenvalue weighted by Gasteiger charge is -2.20. The Kier molecular flexibility index (Phi) is 4.66. The van der Waals surface area contributed by atoms with Crippen LogP contribution in [0.3, 0.4) is 0 Å². The number of hydrogen-bond donors (Lipinski definition) is 0. The molecule has 0 spiro atoms. The summed E-state index contributed by atoms with van der Waals surface area (Å²) in [6.45, 7) is 0. The third kappa shape index (κ3) is 3.39. The number of aliphatic imine (C=N–C) groups is 1. The van der Waals surface area contributed by atoms with Crippen LogP contribution in [0.5, 0.6) is 5.75 Å². The molecule has 0 N–H and O–H groups in total. The van der Waals surface area contributed by atoms with Crippen molar-refractivity contribution in [3.63, 3.8) is 0 Å². The second kappa shape index (κ2) is 7.43. The molecule has 1 aliphatic rings. The van der Waals surface area contributed by atoms with Crippen molar-refractivity contribution in [1.29, 1.82) is 0 Å². The predicted molar refractivity (Wildman–Crippen MR) is 107 cm³/mol. The molecule has 144 valence electrons. The van der Waals surface area contributed by atoms with E-state index in [0.29, 0.717) is 22.8 Å². The Morgan fingerprint density at radius 2 is 1.93 bits per heavy atom. The number of rotatable bonds is 5. The summed E-state index contributed by atoms with van der Waals surface area (Å²) in [5.74, 6) is 0.672. The molecule has 3 aromatic rings. The average molecular weight is 389 g/mol. The number of nitro benzene ring substituents is 1. The van der Waals surface area contributed by atoms with Gasteiger partial charge in [0.1, 0.15) is 23.0 Å². The van der Waals surface area contributed by atoms with Crippen molar-refractivity contribution in [3.05, 3.63) is 94.1 Å². The number of anilines is 1. The Hall–Kier alpha value is -4.20. The smallest absolute Gasteiger partial charge is 0.282 e. The minimum absolute atomic E-state index is 0.137. The number of nitrogens with zero attached hydrogens (tertiary/aromatic N) is 3. The lowest BCUT2D eigenvalue weighted by atomic mass is 10.1. The van der Waals surface area contributed by atoms with Gasteiger partial charge in [-0.25, -0.2) is 4.99 Å². The molecule has 0 fully saturated rings. The van der Waals surface area contributed by atoms with Gasteiger partial charge < -0.3 is 9.15 Å². The molecule has 0 saturated carbocycles. The van der Waals surface area contributed by atoms with Crippen LogP contribution in [0.2, 0.25) is 0 Å². The number of furan rings is 1. The predicted octanol–water partition coefficient (Wildman–Crippen LogP) is 4.03. The minimum Gasteiger partial charge on any atom is -0.494 e. The summed E-state index contributed by atoms with van der Waals surface area (Å²) in [6.07, 6.45) is 3.05. The van der Waals surface area contributed by atoms with Crippen LogP contribution >= 0.6 is 0 Å². The number of non-ortho nitro benzene ring substituents is 1. The van der Waals surface area contributed by atoms with Gasteiger partial charge in [-0.2, -0.15) is 0 Å². The first-order valence-electron chi connectivity index (χ1n) is 8.64. The highest BCUT2D eigenvalue weighted by molar-refractivity contribution is 6.33. The molecular weight excluding hydrogens is 374 g/mol. The lowest BCUT2D eigenvalue weighted by Crippen LogP contribution is -2.33. The van der Waals surface area contributed by atoms with Crippen LogP contribution in [0, 0.1) is 10.1 Å². The maximum atomic E-state index is 13.2. The zero-order chi connectivity index (χ0) is 20.4. The van der Waals surface area contributed by atoms with E-state index in [9.17, 15) is 14.9 Å². The van der Waals surface area contributed by atoms with Gasteiger partial charge >= 0.3 is 0 Å². The van der Waals surface area contributed by atoms with Gasteiger partial charge in [0.2, 0.25) is 0 Å². The number of carbonyl (C=O) groups is 1. The van der Waals surface area contributed by atoms with Gasteiger partial charge in [-0.1, -0.05) is 30.3 Å². The van der Waals surface area contributed by atoms with Crippen LogP contribution in [0.15, 0.2) is 82.0 Å². The monoisotopic (exact) mass is 389 g/mol. The van der Waals surface area contributed by atoms with Crippen molar-refractivity contribution >= 4 is 29.2 Å². The van der Waals surface area contributed by atoms with E-state index in [4.69, 9.17) is 9.15 Å². The molecule has 1 amide bonds. The number of amides is 1. The third-order valence-electron chi connectivity index (χ3n) is 4.33. The zero-order valence-corrected chi connectivity index (χ0v) is 15.3. The molecule has 0 radical (unpaired) electrons. The first-order chi connectivity index (χ1) is 14.1. The molecule has 0 bridgehead atoms. The molecule has 1 aromatic heterocycles. The van der Waals surface area contributed by atoms with E-state index >= 15 is 0 Å². The first kappa shape index (κ1) is 18.2. The fraction of sp³-hybridized carbons (Fsp3) is 0.0476. The van der Waals surface area contributed by atoms with Crippen LogP contribution in [0.4, 0.5) is 11.4 Å². The van der Waals surface area contributed by atoms with Gasteiger partial charge in [-0.05, 0) is 18.2 Å². The topological polar surface area (TPSA) is 98.2 Å². The Morgan fingerprint density at radius 1 is 1.14 bits per heavy atom. The molecule has 2 aromatic carbocycles.